The van der Waals surface area contributed by atoms with Crippen molar-refractivity contribution in [3.05, 3.63) is 59.7 Å². The van der Waals surface area contributed by atoms with Crippen molar-refractivity contribution in [2.45, 2.75) is 38.1 Å². The van der Waals surface area contributed by atoms with E-state index < -0.39 is 15.4 Å². The van der Waals surface area contributed by atoms with Crippen molar-refractivity contribution in [2.75, 3.05) is 20.2 Å². The number of sulfonamides is 1. The molecular formula is C22H28N2O4S. The Morgan fingerprint density at radius 3 is 2.52 bits per heavy atom. The van der Waals surface area contributed by atoms with Crippen molar-refractivity contribution in [2.24, 2.45) is 5.41 Å². The van der Waals surface area contributed by atoms with E-state index in [1.165, 1.54) is 4.31 Å². The van der Waals surface area contributed by atoms with Crippen LogP contribution in [-0.4, -0.2) is 38.8 Å². The van der Waals surface area contributed by atoms with E-state index in [0.29, 0.717) is 36.4 Å². The Morgan fingerprint density at radius 1 is 1.17 bits per heavy atom. The molecule has 0 radical (unpaired) electrons. The second-order valence-corrected chi connectivity index (χ2v) is 9.71. The highest BCUT2D eigenvalue weighted by atomic mass is 32.2. The lowest BCUT2D eigenvalue weighted by molar-refractivity contribution is -0.132. The molecule has 6 nitrogen and oxygen atoms in total. The zero-order valence-corrected chi connectivity index (χ0v) is 18.0. The molecule has 3 rings (SSSR count). The van der Waals surface area contributed by atoms with Crippen molar-refractivity contribution in [3.8, 4) is 5.75 Å². The summed E-state index contributed by atoms with van der Waals surface area (Å²) in [5.74, 6) is 0.634. The molecular weight excluding hydrogens is 388 g/mol. The number of methoxy groups -OCH3 is 1. The number of ether oxygens (including phenoxy) is 1. The van der Waals surface area contributed by atoms with Gasteiger partial charge in [0.1, 0.15) is 5.75 Å². The average Bonchev–Trinajstić information content (AvgIpc) is 2.72. The van der Waals surface area contributed by atoms with E-state index in [1.807, 2.05) is 37.3 Å². The number of hydrogen-bond acceptors (Lipinski definition) is 4. The van der Waals surface area contributed by atoms with Crippen LogP contribution in [0.25, 0.3) is 0 Å². The van der Waals surface area contributed by atoms with Gasteiger partial charge in [-0.15, -0.1) is 0 Å². The normalized spacial score (nSPS) is 20.2. The summed E-state index contributed by atoms with van der Waals surface area (Å²) in [5, 5.41) is 2.97. The first kappa shape index (κ1) is 21.3. The molecule has 1 aliphatic rings. The molecule has 7 heteroatoms. The van der Waals surface area contributed by atoms with Gasteiger partial charge in [0.15, 0.2) is 0 Å². The topological polar surface area (TPSA) is 75.7 Å². The SMILES string of the molecule is COc1ccc(CNC(=O)[C@@]2(C)CCCN(S(=O)(=O)c3ccccc3C)C2)cc1. The summed E-state index contributed by atoms with van der Waals surface area (Å²) in [6.07, 6.45) is 1.30. The van der Waals surface area contributed by atoms with Crippen LogP contribution in [0.3, 0.4) is 0 Å². The number of carbonyl (C=O) groups is 1. The van der Waals surface area contributed by atoms with Gasteiger partial charge in [-0.25, -0.2) is 8.42 Å². The number of aryl methyl sites for hydroxylation is 1. The summed E-state index contributed by atoms with van der Waals surface area (Å²) in [4.78, 5) is 13.2. The Hall–Kier alpha value is -2.38. The van der Waals surface area contributed by atoms with Crippen molar-refractivity contribution >= 4 is 15.9 Å². The van der Waals surface area contributed by atoms with Crippen LogP contribution in [-0.2, 0) is 21.4 Å². The predicted molar refractivity (Wildman–Crippen MR) is 112 cm³/mol. The molecule has 1 atom stereocenters. The van der Waals surface area contributed by atoms with Gasteiger partial charge >= 0.3 is 0 Å². The molecule has 0 aromatic heterocycles. The Labute approximate surface area is 172 Å². The van der Waals surface area contributed by atoms with E-state index >= 15 is 0 Å². The van der Waals surface area contributed by atoms with Gasteiger partial charge in [0.2, 0.25) is 15.9 Å². The molecule has 29 heavy (non-hydrogen) atoms. The minimum atomic E-state index is -3.63. The third-order valence-electron chi connectivity index (χ3n) is 5.53. The van der Waals surface area contributed by atoms with E-state index in [1.54, 1.807) is 32.2 Å². The second-order valence-electron chi connectivity index (χ2n) is 7.80. The number of amides is 1. The van der Waals surface area contributed by atoms with Gasteiger partial charge in [-0.3, -0.25) is 4.79 Å². The van der Waals surface area contributed by atoms with E-state index in [0.717, 1.165) is 11.3 Å². The van der Waals surface area contributed by atoms with Crippen molar-refractivity contribution in [1.82, 2.24) is 9.62 Å². The summed E-state index contributed by atoms with van der Waals surface area (Å²) in [6, 6.07) is 14.5. The lowest BCUT2D eigenvalue weighted by Crippen LogP contribution is -2.51. The van der Waals surface area contributed by atoms with E-state index in [-0.39, 0.29) is 12.5 Å². The van der Waals surface area contributed by atoms with Crippen LogP contribution in [0.5, 0.6) is 5.75 Å². The Bertz CT molecular complexity index is 973. The monoisotopic (exact) mass is 416 g/mol. The fraction of sp³-hybridized carbons (Fsp3) is 0.409. The Balaban J connectivity index is 1.70. The lowest BCUT2D eigenvalue weighted by Gasteiger charge is -2.38. The van der Waals surface area contributed by atoms with Crippen LogP contribution in [0, 0.1) is 12.3 Å². The number of carbonyl (C=O) groups excluding carboxylic acids is 1. The maximum Gasteiger partial charge on any atom is 0.243 e. The standard InChI is InChI=1S/C22H28N2O4S/c1-17-7-4-5-8-20(17)29(26,27)24-14-6-13-22(2,16-24)21(25)23-15-18-9-11-19(28-3)12-10-18/h4-5,7-12H,6,13-16H2,1-3H3,(H,23,25)/t22-/m0/s1. The lowest BCUT2D eigenvalue weighted by atomic mass is 9.82. The molecule has 0 spiro atoms. The zero-order valence-electron chi connectivity index (χ0n) is 17.1. The third-order valence-corrected chi connectivity index (χ3v) is 7.54. The van der Waals surface area contributed by atoms with Crippen molar-refractivity contribution in [3.63, 3.8) is 0 Å². The third kappa shape index (κ3) is 4.62. The maximum atomic E-state index is 13.1. The van der Waals surface area contributed by atoms with Crippen LogP contribution in [0.15, 0.2) is 53.4 Å². The highest BCUT2D eigenvalue weighted by Crippen LogP contribution is 2.33. The highest BCUT2D eigenvalue weighted by molar-refractivity contribution is 7.89. The molecule has 0 saturated carbocycles. The molecule has 1 aliphatic heterocycles. The minimum Gasteiger partial charge on any atom is -0.497 e. The minimum absolute atomic E-state index is 0.127. The number of piperidine rings is 1. The van der Waals surface area contributed by atoms with Crippen LogP contribution in [0.2, 0.25) is 0 Å². The molecule has 0 unspecified atom stereocenters. The van der Waals surface area contributed by atoms with E-state index in [2.05, 4.69) is 5.32 Å². The first-order valence-electron chi connectivity index (χ1n) is 9.73. The van der Waals surface area contributed by atoms with Gasteiger partial charge in [-0.05, 0) is 56.0 Å². The first-order valence-corrected chi connectivity index (χ1v) is 11.2. The van der Waals surface area contributed by atoms with Crippen molar-refractivity contribution < 1.29 is 17.9 Å². The molecule has 1 fully saturated rings. The molecule has 1 N–H and O–H groups in total. The molecule has 1 amide bonds. The molecule has 156 valence electrons. The Kier molecular flexibility index (Phi) is 6.29. The molecule has 2 aromatic carbocycles. The van der Waals surface area contributed by atoms with Gasteiger partial charge in [0, 0.05) is 19.6 Å². The molecule has 0 bridgehead atoms. The molecule has 1 heterocycles. The summed E-state index contributed by atoms with van der Waals surface area (Å²) < 4.78 is 32.9. The van der Waals surface area contributed by atoms with E-state index in [9.17, 15) is 13.2 Å². The van der Waals surface area contributed by atoms with Gasteiger partial charge in [-0.2, -0.15) is 4.31 Å². The fourth-order valence-electron chi connectivity index (χ4n) is 3.71. The largest absolute Gasteiger partial charge is 0.497 e. The summed E-state index contributed by atoms with van der Waals surface area (Å²) in [7, 11) is -2.02. The smallest absolute Gasteiger partial charge is 0.243 e. The van der Waals surface area contributed by atoms with Gasteiger partial charge in [-0.1, -0.05) is 30.3 Å². The fourth-order valence-corrected chi connectivity index (χ4v) is 5.54. The van der Waals surface area contributed by atoms with Gasteiger partial charge < -0.3 is 10.1 Å². The molecule has 2 aromatic rings. The molecule has 0 aliphatic carbocycles. The zero-order chi connectivity index (χ0) is 21.1. The van der Waals surface area contributed by atoms with Crippen LogP contribution >= 0.6 is 0 Å². The quantitative estimate of drug-likeness (QED) is 0.785. The number of rotatable bonds is 6. The number of benzene rings is 2. The second kappa shape index (κ2) is 8.55. The number of nitrogens with one attached hydrogen (secondary N) is 1. The van der Waals surface area contributed by atoms with Crippen LogP contribution in [0.4, 0.5) is 0 Å². The molecule has 1 saturated heterocycles. The number of hydrogen-bond donors (Lipinski definition) is 1. The highest BCUT2D eigenvalue weighted by Gasteiger charge is 2.42. The summed E-state index contributed by atoms with van der Waals surface area (Å²) in [5.41, 5.74) is 0.909. The van der Waals surface area contributed by atoms with E-state index in [4.69, 9.17) is 4.74 Å². The summed E-state index contributed by atoms with van der Waals surface area (Å²) in [6.45, 7) is 4.63. The first-order chi connectivity index (χ1) is 13.8. The number of nitrogens with zero attached hydrogens (tertiary/aromatic N) is 1. The average molecular weight is 417 g/mol. The summed E-state index contributed by atoms with van der Waals surface area (Å²) >= 11 is 0. The van der Waals surface area contributed by atoms with Gasteiger partial charge in [0.05, 0.1) is 17.4 Å². The van der Waals surface area contributed by atoms with Gasteiger partial charge in [0.25, 0.3) is 0 Å². The maximum absolute atomic E-state index is 13.1. The predicted octanol–water partition coefficient (Wildman–Crippen LogP) is 3.11. The van der Waals surface area contributed by atoms with Crippen LogP contribution in [0.1, 0.15) is 30.9 Å². The Morgan fingerprint density at radius 2 is 1.86 bits per heavy atom. The van der Waals surface area contributed by atoms with Crippen molar-refractivity contribution in [1.29, 1.82) is 0 Å². The van der Waals surface area contributed by atoms with Crippen LogP contribution < -0.4 is 10.1 Å².